The number of aryl methyl sites for hydroxylation is 1. The summed E-state index contributed by atoms with van der Waals surface area (Å²) in [4.78, 5) is 13.6. The topological polar surface area (TPSA) is 34.1 Å². The molecule has 0 N–H and O–H groups in total. The van der Waals surface area contributed by atoms with Crippen molar-refractivity contribution in [2.24, 2.45) is 0 Å². The number of benzene rings is 3. The Hall–Kier alpha value is -2.44. The molecule has 28 heavy (non-hydrogen) atoms. The lowest BCUT2D eigenvalue weighted by Crippen LogP contribution is -2.26. The SMILES string of the molecule is CCc1ccc(P(=O)(C(=O)c2ccccc2)c2ccccc2)c(CC)c1CC. The molecule has 1 atom stereocenters. The number of hydrogen-bond acceptors (Lipinski definition) is 2. The highest BCUT2D eigenvalue weighted by Crippen LogP contribution is 2.48. The van der Waals surface area contributed by atoms with E-state index in [0.717, 1.165) is 24.8 Å². The van der Waals surface area contributed by atoms with Crippen molar-refractivity contribution >= 4 is 23.3 Å². The number of hydrogen-bond donors (Lipinski definition) is 0. The summed E-state index contributed by atoms with van der Waals surface area (Å²) in [6, 6.07) is 22.2. The molecule has 0 aliphatic carbocycles. The third kappa shape index (κ3) is 3.50. The highest BCUT2D eigenvalue weighted by atomic mass is 31.2. The van der Waals surface area contributed by atoms with Gasteiger partial charge in [-0.15, -0.1) is 0 Å². The summed E-state index contributed by atoms with van der Waals surface area (Å²) in [5.74, 6) is 0. The van der Waals surface area contributed by atoms with E-state index in [4.69, 9.17) is 0 Å². The smallest absolute Gasteiger partial charge is 0.230 e. The second kappa shape index (κ2) is 8.71. The number of carbonyl (C=O) groups is 1. The molecule has 144 valence electrons. The highest BCUT2D eigenvalue weighted by molar-refractivity contribution is 7.93. The van der Waals surface area contributed by atoms with E-state index in [0.29, 0.717) is 16.2 Å². The van der Waals surface area contributed by atoms with Crippen LogP contribution < -0.4 is 10.6 Å². The Kier molecular flexibility index (Phi) is 6.31. The fourth-order valence-corrected chi connectivity index (χ4v) is 6.75. The molecule has 0 heterocycles. The first-order valence-electron chi connectivity index (χ1n) is 9.97. The maximum atomic E-state index is 14.6. The Morgan fingerprint density at radius 3 is 1.82 bits per heavy atom. The van der Waals surface area contributed by atoms with E-state index in [-0.39, 0.29) is 5.52 Å². The van der Waals surface area contributed by atoms with Crippen molar-refractivity contribution in [3.63, 3.8) is 0 Å². The zero-order valence-corrected chi connectivity index (χ0v) is 17.7. The molecule has 3 aromatic carbocycles. The van der Waals surface area contributed by atoms with Crippen LogP contribution in [0.25, 0.3) is 0 Å². The van der Waals surface area contributed by atoms with Crippen LogP contribution in [-0.4, -0.2) is 5.52 Å². The molecular weight excluding hydrogens is 363 g/mol. The first-order valence-corrected chi connectivity index (χ1v) is 11.7. The van der Waals surface area contributed by atoms with Crippen molar-refractivity contribution in [2.75, 3.05) is 0 Å². The molecule has 0 spiro atoms. The van der Waals surface area contributed by atoms with Gasteiger partial charge in [-0.25, -0.2) is 0 Å². The van der Waals surface area contributed by atoms with E-state index in [1.165, 1.54) is 11.1 Å². The van der Waals surface area contributed by atoms with Crippen LogP contribution in [0.5, 0.6) is 0 Å². The van der Waals surface area contributed by atoms with E-state index >= 15 is 0 Å². The van der Waals surface area contributed by atoms with Crippen LogP contribution in [0.3, 0.4) is 0 Å². The van der Waals surface area contributed by atoms with Crippen molar-refractivity contribution in [3.8, 4) is 0 Å². The van der Waals surface area contributed by atoms with E-state index in [9.17, 15) is 9.36 Å². The Labute approximate surface area is 168 Å². The van der Waals surface area contributed by atoms with Crippen LogP contribution >= 0.6 is 7.14 Å². The van der Waals surface area contributed by atoms with Crippen LogP contribution in [0, 0.1) is 0 Å². The van der Waals surface area contributed by atoms with Crippen molar-refractivity contribution < 1.29 is 9.36 Å². The van der Waals surface area contributed by atoms with Crippen molar-refractivity contribution in [2.45, 2.75) is 40.0 Å². The molecule has 0 bridgehead atoms. The minimum absolute atomic E-state index is 0.291. The summed E-state index contributed by atoms with van der Waals surface area (Å²) in [7, 11) is -3.50. The zero-order chi connectivity index (χ0) is 20.1. The van der Waals surface area contributed by atoms with Crippen molar-refractivity contribution in [3.05, 3.63) is 95.1 Å². The lowest BCUT2D eigenvalue weighted by molar-refractivity contribution is 0.107. The maximum Gasteiger partial charge on any atom is 0.230 e. The third-order valence-electron chi connectivity index (χ3n) is 5.36. The summed E-state index contributed by atoms with van der Waals surface area (Å²) in [5, 5.41) is 1.30. The molecule has 0 saturated carbocycles. The highest BCUT2D eigenvalue weighted by Gasteiger charge is 2.38. The van der Waals surface area contributed by atoms with Gasteiger partial charge >= 0.3 is 0 Å². The van der Waals surface area contributed by atoms with Crippen LogP contribution in [-0.2, 0) is 23.8 Å². The molecule has 0 aliphatic rings. The van der Waals surface area contributed by atoms with Crippen LogP contribution in [0.1, 0.15) is 47.8 Å². The van der Waals surface area contributed by atoms with Gasteiger partial charge in [0.1, 0.15) is 0 Å². The molecule has 0 aliphatic heterocycles. The van der Waals surface area contributed by atoms with Gasteiger partial charge in [0.05, 0.1) is 0 Å². The van der Waals surface area contributed by atoms with Gasteiger partial charge in [0.15, 0.2) is 0 Å². The maximum absolute atomic E-state index is 14.6. The van der Waals surface area contributed by atoms with E-state index in [2.05, 4.69) is 26.8 Å². The van der Waals surface area contributed by atoms with Gasteiger partial charge in [-0.3, -0.25) is 4.79 Å². The molecule has 3 heteroatoms. The summed E-state index contributed by atoms with van der Waals surface area (Å²) in [6.07, 6.45) is 2.55. The summed E-state index contributed by atoms with van der Waals surface area (Å²) in [6.45, 7) is 6.35. The monoisotopic (exact) mass is 390 g/mol. The lowest BCUT2D eigenvalue weighted by atomic mass is 9.96. The molecule has 0 aromatic heterocycles. The molecule has 0 saturated heterocycles. The van der Waals surface area contributed by atoms with Gasteiger partial charge in [-0.2, -0.15) is 0 Å². The Balaban J connectivity index is 2.33. The molecule has 0 fully saturated rings. The quantitative estimate of drug-likeness (QED) is 0.497. The van der Waals surface area contributed by atoms with Crippen molar-refractivity contribution in [1.82, 2.24) is 0 Å². The average molecular weight is 390 g/mol. The largest absolute Gasteiger partial charge is 0.305 e. The van der Waals surface area contributed by atoms with Gasteiger partial charge in [0.2, 0.25) is 12.7 Å². The lowest BCUT2D eigenvalue weighted by Gasteiger charge is -2.24. The molecule has 0 radical (unpaired) electrons. The van der Waals surface area contributed by atoms with E-state index < -0.39 is 7.14 Å². The normalized spacial score (nSPS) is 13.1. The summed E-state index contributed by atoms with van der Waals surface area (Å²) in [5.41, 5.74) is 3.78. The minimum Gasteiger partial charge on any atom is -0.305 e. The van der Waals surface area contributed by atoms with Crippen LogP contribution in [0.4, 0.5) is 0 Å². The predicted molar refractivity (Wildman–Crippen MR) is 119 cm³/mol. The molecule has 3 aromatic rings. The van der Waals surface area contributed by atoms with E-state index in [1.807, 2.05) is 54.6 Å². The average Bonchev–Trinajstić information content (AvgIpc) is 2.77. The standard InChI is InChI=1S/C25H27O2P/c1-4-19-17-18-24(23(6-3)22(19)5-2)28(27,21-15-11-8-12-16-21)25(26)20-13-9-7-10-14-20/h7-18H,4-6H2,1-3H3. The van der Waals surface area contributed by atoms with Gasteiger partial charge in [-0.05, 0) is 36.0 Å². The van der Waals surface area contributed by atoms with Crippen LogP contribution in [0.2, 0.25) is 0 Å². The summed E-state index contributed by atoms with van der Waals surface area (Å²) < 4.78 is 14.6. The molecular formula is C25H27O2P. The number of carbonyl (C=O) groups excluding carboxylic acids is 1. The van der Waals surface area contributed by atoms with E-state index in [1.54, 1.807) is 12.1 Å². The fraction of sp³-hybridized carbons (Fsp3) is 0.240. The molecule has 3 rings (SSSR count). The second-order valence-corrected chi connectivity index (χ2v) is 9.50. The third-order valence-corrected chi connectivity index (χ3v) is 8.31. The second-order valence-electron chi connectivity index (χ2n) is 6.88. The van der Waals surface area contributed by atoms with Gasteiger partial charge < -0.3 is 4.57 Å². The minimum atomic E-state index is -3.50. The molecule has 2 nitrogen and oxygen atoms in total. The Bertz CT molecular complexity index is 1010. The van der Waals surface area contributed by atoms with Crippen molar-refractivity contribution in [1.29, 1.82) is 0 Å². The van der Waals surface area contributed by atoms with Crippen LogP contribution in [0.15, 0.2) is 72.8 Å². The van der Waals surface area contributed by atoms with Gasteiger partial charge in [-0.1, -0.05) is 93.6 Å². The summed E-state index contributed by atoms with van der Waals surface area (Å²) >= 11 is 0. The fourth-order valence-electron chi connectivity index (χ4n) is 3.96. The first kappa shape index (κ1) is 20.3. The molecule has 0 amide bonds. The number of rotatable bonds is 7. The first-order chi connectivity index (χ1) is 13.6. The Morgan fingerprint density at radius 2 is 1.29 bits per heavy atom. The zero-order valence-electron chi connectivity index (χ0n) is 16.8. The van der Waals surface area contributed by atoms with Gasteiger partial charge in [0, 0.05) is 16.2 Å². The molecule has 1 unspecified atom stereocenters. The predicted octanol–water partition coefficient (Wildman–Crippen LogP) is 5.53. The Morgan fingerprint density at radius 1 is 0.714 bits per heavy atom. The van der Waals surface area contributed by atoms with Gasteiger partial charge in [0.25, 0.3) is 0 Å².